The number of anilines is 1. The quantitative estimate of drug-likeness (QED) is 0.793. The fourth-order valence-electron chi connectivity index (χ4n) is 2.58. The summed E-state index contributed by atoms with van der Waals surface area (Å²) in [6.45, 7) is 5.49. The Bertz CT molecular complexity index is 800. The van der Waals surface area contributed by atoms with Crippen molar-refractivity contribution in [3.63, 3.8) is 0 Å². The standard InChI is InChI=1S/C19H24N2O3S/c1-4-18(15-8-6-5-7-9-15)19(22)20-16-10-12-17(13-11-16)25(23,24)21-14(2)3/h5-14,18,21H,4H2,1-3H3,(H,20,22). The lowest BCUT2D eigenvalue weighted by Crippen LogP contribution is -2.30. The molecule has 1 atom stereocenters. The summed E-state index contributed by atoms with van der Waals surface area (Å²) in [7, 11) is -3.53. The number of sulfonamides is 1. The molecule has 5 nitrogen and oxygen atoms in total. The molecule has 2 aromatic rings. The van der Waals surface area contributed by atoms with Crippen LogP contribution in [0.5, 0.6) is 0 Å². The number of hydrogen-bond donors (Lipinski definition) is 2. The topological polar surface area (TPSA) is 75.3 Å². The van der Waals surface area contributed by atoms with Crippen molar-refractivity contribution in [2.24, 2.45) is 0 Å². The summed E-state index contributed by atoms with van der Waals surface area (Å²) >= 11 is 0. The maximum Gasteiger partial charge on any atom is 0.240 e. The second-order valence-electron chi connectivity index (χ2n) is 6.16. The fraction of sp³-hybridized carbons (Fsp3) is 0.316. The normalized spacial score (nSPS) is 12.8. The molecule has 0 aliphatic carbocycles. The molecule has 0 fully saturated rings. The van der Waals surface area contributed by atoms with Gasteiger partial charge in [0.2, 0.25) is 15.9 Å². The minimum atomic E-state index is -3.53. The average Bonchev–Trinajstić information content (AvgIpc) is 2.56. The average molecular weight is 360 g/mol. The Labute approximate surface area is 149 Å². The molecule has 0 spiro atoms. The van der Waals surface area contributed by atoms with Gasteiger partial charge in [-0.2, -0.15) is 0 Å². The molecule has 0 bridgehead atoms. The van der Waals surface area contributed by atoms with Gasteiger partial charge in [0, 0.05) is 11.7 Å². The van der Waals surface area contributed by atoms with Gasteiger partial charge in [0.1, 0.15) is 0 Å². The highest BCUT2D eigenvalue weighted by Crippen LogP contribution is 2.22. The predicted octanol–water partition coefficient (Wildman–Crippen LogP) is 3.51. The summed E-state index contributed by atoms with van der Waals surface area (Å²) < 4.78 is 26.8. The molecule has 2 N–H and O–H groups in total. The molecule has 0 saturated carbocycles. The van der Waals surface area contributed by atoms with E-state index < -0.39 is 10.0 Å². The van der Waals surface area contributed by atoms with Gasteiger partial charge in [0.15, 0.2) is 0 Å². The summed E-state index contributed by atoms with van der Waals surface area (Å²) in [4.78, 5) is 12.7. The van der Waals surface area contributed by atoms with Crippen LogP contribution in [-0.2, 0) is 14.8 Å². The first kappa shape index (κ1) is 19.1. The molecule has 1 unspecified atom stereocenters. The van der Waals surface area contributed by atoms with Crippen LogP contribution in [0.25, 0.3) is 0 Å². The van der Waals surface area contributed by atoms with Crippen LogP contribution in [0.2, 0.25) is 0 Å². The van der Waals surface area contributed by atoms with Crippen LogP contribution in [0.1, 0.15) is 38.7 Å². The summed E-state index contributed by atoms with van der Waals surface area (Å²) in [5.41, 5.74) is 1.53. The van der Waals surface area contributed by atoms with Crippen LogP contribution in [-0.4, -0.2) is 20.4 Å². The third-order valence-corrected chi connectivity index (χ3v) is 5.42. The Morgan fingerprint density at radius 2 is 1.60 bits per heavy atom. The highest BCUT2D eigenvalue weighted by Gasteiger charge is 2.19. The maximum absolute atomic E-state index is 12.5. The van der Waals surface area contributed by atoms with E-state index in [0.29, 0.717) is 12.1 Å². The van der Waals surface area contributed by atoms with Gasteiger partial charge in [-0.3, -0.25) is 4.79 Å². The van der Waals surface area contributed by atoms with Crippen molar-refractivity contribution >= 4 is 21.6 Å². The van der Waals surface area contributed by atoms with Gasteiger partial charge >= 0.3 is 0 Å². The van der Waals surface area contributed by atoms with Crippen molar-refractivity contribution in [3.8, 4) is 0 Å². The first-order valence-corrected chi connectivity index (χ1v) is 9.80. The van der Waals surface area contributed by atoms with E-state index in [9.17, 15) is 13.2 Å². The van der Waals surface area contributed by atoms with Gasteiger partial charge in [-0.05, 0) is 50.1 Å². The van der Waals surface area contributed by atoms with Crippen LogP contribution >= 0.6 is 0 Å². The van der Waals surface area contributed by atoms with Gasteiger partial charge in [-0.15, -0.1) is 0 Å². The highest BCUT2D eigenvalue weighted by molar-refractivity contribution is 7.89. The lowest BCUT2D eigenvalue weighted by Gasteiger charge is -2.16. The fourth-order valence-corrected chi connectivity index (χ4v) is 3.83. The number of hydrogen-bond acceptors (Lipinski definition) is 3. The van der Waals surface area contributed by atoms with Crippen LogP contribution < -0.4 is 10.0 Å². The predicted molar refractivity (Wildman–Crippen MR) is 100 cm³/mol. The number of nitrogens with one attached hydrogen (secondary N) is 2. The van der Waals surface area contributed by atoms with Gasteiger partial charge in [0.05, 0.1) is 10.8 Å². The molecule has 0 saturated heterocycles. The molecule has 6 heteroatoms. The van der Waals surface area contributed by atoms with Crippen molar-refractivity contribution in [1.82, 2.24) is 4.72 Å². The van der Waals surface area contributed by atoms with E-state index in [2.05, 4.69) is 10.0 Å². The third kappa shape index (κ3) is 5.14. The largest absolute Gasteiger partial charge is 0.326 e. The summed E-state index contributed by atoms with van der Waals surface area (Å²) in [6.07, 6.45) is 0.681. The number of benzene rings is 2. The first-order chi connectivity index (χ1) is 11.8. The molecule has 25 heavy (non-hydrogen) atoms. The van der Waals surface area contributed by atoms with Crippen LogP contribution in [0, 0.1) is 0 Å². The van der Waals surface area contributed by atoms with Crippen molar-refractivity contribution in [3.05, 3.63) is 60.2 Å². The van der Waals surface area contributed by atoms with Crippen LogP contribution in [0.3, 0.4) is 0 Å². The smallest absolute Gasteiger partial charge is 0.240 e. The second kappa shape index (κ2) is 8.27. The number of carbonyl (C=O) groups excluding carboxylic acids is 1. The van der Waals surface area contributed by atoms with E-state index in [4.69, 9.17) is 0 Å². The van der Waals surface area contributed by atoms with E-state index in [-0.39, 0.29) is 22.8 Å². The first-order valence-electron chi connectivity index (χ1n) is 8.31. The molecule has 1 amide bonds. The lowest BCUT2D eigenvalue weighted by molar-refractivity contribution is -0.117. The van der Waals surface area contributed by atoms with Gasteiger partial charge in [-0.1, -0.05) is 37.3 Å². The zero-order chi connectivity index (χ0) is 18.4. The minimum Gasteiger partial charge on any atom is -0.326 e. The Balaban J connectivity index is 2.11. The van der Waals surface area contributed by atoms with E-state index >= 15 is 0 Å². The summed E-state index contributed by atoms with van der Waals surface area (Å²) in [5, 5.41) is 2.86. The summed E-state index contributed by atoms with van der Waals surface area (Å²) in [5.74, 6) is -0.350. The van der Waals surface area contributed by atoms with Crippen molar-refractivity contribution in [1.29, 1.82) is 0 Å². The molecule has 0 aromatic heterocycles. The van der Waals surface area contributed by atoms with Crippen molar-refractivity contribution in [2.75, 3.05) is 5.32 Å². The van der Waals surface area contributed by atoms with E-state index in [1.807, 2.05) is 37.3 Å². The van der Waals surface area contributed by atoms with Crippen LogP contribution in [0.15, 0.2) is 59.5 Å². The van der Waals surface area contributed by atoms with Crippen molar-refractivity contribution < 1.29 is 13.2 Å². The zero-order valence-corrected chi connectivity index (χ0v) is 15.5. The SMILES string of the molecule is CCC(C(=O)Nc1ccc(S(=O)(=O)NC(C)C)cc1)c1ccccc1. The monoisotopic (exact) mass is 360 g/mol. The number of amides is 1. The number of rotatable bonds is 7. The molecule has 0 radical (unpaired) electrons. The number of carbonyl (C=O) groups is 1. The zero-order valence-electron chi connectivity index (χ0n) is 14.7. The van der Waals surface area contributed by atoms with Gasteiger partial charge < -0.3 is 5.32 Å². The Hall–Kier alpha value is -2.18. The second-order valence-corrected chi connectivity index (χ2v) is 7.88. The van der Waals surface area contributed by atoms with E-state index in [0.717, 1.165) is 5.56 Å². The van der Waals surface area contributed by atoms with Crippen LogP contribution in [0.4, 0.5) is 5.69 Å². The van der Waals surface area contributed by atoms with E-state index in [1.54, 1.807) is 26.0 Å². The Morgan fingerprint density at radius 3 is 2.12 bits per heavy atom. The molecule has 134 valence electrons. The van der Waals surface area contributed by atoms with Crippen molar-refractivity contribution in [2.45, 2.75) is 44.0 Å². The Morgan fingerprint density at radius 1 is 1.00 bits per heavy atom. The highest BCUT2D eigenvalue weighted by atomic mass is 32.2. The molecular weight excluding hydrogens is 336 g/mol. The summed E-state index contributed by atoms with van der Waals surface area (Å²) in [6, 6.07) is 15.6. The molecule has 0 aliphatic rings. The maximum atomic E-state index is 12.5. The van der Waals surface area contributed by atoms with Gasteiger partial charge in [-0.25, -0.2) is 13.1 Å². The molecule has 2 rings (SSSR count). The Kier molecular flexibility index (Phi) is 6.33. The third-order valence-electron chi connectivity index (χ3n) is 3.75. The molecule has 0 aliphatic heterocycles. The molecule has 0 heterocycles. The minimum absolute atomic E-state index is 0.107. The lowest BCUT2D eigenvalue weighted by atomic mass is 9.95. The van der Waals surface area contributed by atoms with Gasteiger partial charge in [0.25, 0.3) is 0 Å². The molecule has 2 aromatic carbocycles. The molecular formula is C19H24N2O3S. The van der Waals surface area contributed by atoms with E-state index in [1.165, 1.54) is 12.1 Å².